The molecular weight excluding hydrogens is 252 g/mol. The lowest BCUT2D eigenvalue weighted by molar-refractivity contribution is 0.197. The van der Waals surface area contributed by atoms with Gasteiger partial charge in [-0.2, -0.15) is 0 Å². The van der Waals surface area contributed by atoms with E-state index in [1.807, 2.05) is 41.5 Å². The van der Waals surface area contributed by atoms with Gasteiger partial charge in [0.15, 0.2) is 0 Å². The van der Waals surface area contributed by atoms with Crippen LogP contribution in [0.1, 0.15) is 123 Å². The van der Waals surface area contributed by atoms with Crippen LogP contribution in [0.5, 0.6) is 0 Å². The lowest BCUT2D eigenvalue weighted by atomic mass is 9.75. The predicted molar refractivity (Wildman–Crippen MR) is 107 cm³/mol. The quantitative estimate of drug-likeness (QED) is 0.475. The van der Waals surface area contributed by atoms with Crippen LogP contribution in [-0.4, -0.2) is 0 Å². The zero-order valence-corrected chi connectivity index (χ0v) is 18.5. The SMILES string of the molecule is CC.CC.CC.CC(C)C.CCCC(C)C(C)(C)CCC. The summed E-state index contributed by atoms with van der Waals surface area (Å²) in [7, 11) is 0. The van der Waals surface area contributed by atoms with Crippen LogP contribution in [0.4, 0.5) is 0 Å². The number of hydrogen-bond acceptors (Lipinski definition) is 0. The third kappa shape index (κ3) is 38.3. The summed E-state index contributed by atoms with van der Waals surface area (Å²) in [4.78, 5) is 0. The van der Waals surface area contributed by atoms with Gasteiger partial charge >= 0.3 is 0 Å². The van der Waals surface area contributed by atoms with E-state index in [4.69, 9.17) is 0 Å². The Balaban J connectivity index is -0.0000000712. The van der Waals surface area contributed by atoms with Crippen molar-refractivity contribution in [2.75, 3.05) is 0 Å². The zero-order chi connectivity index (χ0) is 18.5. The fourth-order valence-electron chi connectivity index (χ4n) is 1.71. The van der Waals surface area contributed by atoms with E-state index in [9.17, 15) is 0 Å². The second kappa shape index (κ2) is 28.2. The van der Waals surface area contributed by atoms with Crippen molar-refractivity contribution < 1.29 is 0 Å². The molecule has 0 aliphatic heterocycles. The molecule has 0 heterocycles. The average Bonchev–Trinajstić information content (AvgIpc) is 2.45. The second-order valence-electron chi connectivity index (χ2n) is 6.16. The van der Waals surface area contributed by atoms with Gasteiger partial charge in [0.05, 0.1) is 0 Å². The van der Waals surface area contributed by atoms with Gasteiger partial charge in [0.2, 0.25) is 0 Å². The molecule has 0 aromatic rings. The fourth-order valence-corrected chi connectivity index (χ4v) is 1.71. The van der Waals surface area contributed by atoms with Crippen LogP contribution in [0.3, 0.4) is 0 Å². The third-order valence-electron chi connectivity index (χ3n) is 2.95. The van der Waals surface area contributed by atoms with Crippen LogP contribution >= 0.6 is 0 Å². The van der Waals surface area contributed by atoms with Crippen molar-refractivity contribution in [2.24, 2.45) is 17.3 Å². The van der Waals surface area contributed by atoms with E-state index in [2.05, 4.69) is 55.4 Å². The first-order chi connectivity index (χ1) is 9.77. The standard InChI is InChI=1S/C11H24.C4H10.3C2H6/c1-6-8-10(3)11(4,5)9-7-2;1-4(2)3;3*1-2/h10H,6-9H2,1-5H3;4H,1-3H3;3*1-2H3. The van der Waals surface area contributed by atoms with E-state index in [1.165, 1.54) is 25.7 Å². The monoisotopic (exact) mass is 304 g/mol. The van der Waals surface area contributed by atoms with E-state index in [1.54, 1.807) is 0 Å². The molecule has 0 amide bonds. The van der Waals surface area contributed by atoms with Gasteiger partial charge in [0.25, 0.3) is 0 Å². The molecule has 0 aromatic heterocycles. The highest BCUT2D eigenvalue weighted by Crippen LogP contribution is 2.34. The van der Waals surface area contributed by atoms with Crippen molar-refractivity contribution in [1.82, 2.24) is 0 Å². The van der Waals surface area contributed by atoms with E-state index >= 15 is 0 Å². The molecule has 1 unspecified atom stereocenters. The lowest BCUT2D eigenvalue weighted by Crippen LogP contribution is -2.21. The van der Waals surface area contributed by atoms with Gasteiger partial charge in [0.1, 0.15) is 0 Å². The van der Waals surface area contributed by atoms with Gasteiger partial charge in [-0.05, 0) is 23.7 Å². The van der Waals surface area contributed by atoms with Crippen molar-refractivity contribution in [3.05, 3.63) is 0 Å². The smallest absolute Gasteiger partial charge is 0.0329 e. The summed E-state index contributed by atoms with van der Waals surface area (Å²) in [6.45, 7) is 30.2. The maximum absolute atomic E-state index is 2.40. The molecule has 0 aliphatic rings. The van der Waals surface area contributed by atoms with Gasteiger partial charge in [-0.3, -0.25) is 0 Å². The predicted octanol–water partition coefficient (Wildman–Crippen LogP) is 8.99. The Kier molecular flexibility index (Phi) is 44.1. The summed E-state index contributed by atoms with van der Waals surface area (Å²) < 4.78 is 0. The van der Waals surface area contributed by atoms with Crippen molar-refractivity contribution in [1.29, 1.82) is 0 Å². The molecule has 0 aliphatic carbocycles. The molecule has 136 valence electrons. The topological polar surface area (TPSA) is 0 Å². The van der Waals surface area contributed by atoms with E-state index in [-0.39, 0.29) is 0 Å². The highest BCUT2D eigenvalue weighted by molar-refractivity contribution is 4.74. The Labute approximate surface area is 140 Å². The Morgan fingerprint density at radius 1 is 0.667 bits per heavy atom. The molecule has 0 spiro atoms. The molecule has 0 saturated heterocycles. The molecule has 0 aromatic carbocycles. The third-order valence-corrected chi connectivity index (χ3v) is 2.95. The molecule has 0 N–H and O–H groups in total. The molecule has 1 atom stereocenters. The van der Waals surface area contributed by atoms with E-state index in [0.29, 0.717) is 5.41 Å². The van der Waals surface area contributed by atoms with Crippen molar-refractivity contribution >= 4 is 0 Å². The summed E-state index contributed by atoms with van der Waals surface area (Å²) in [6.07, 6.45) is 5.40. The van der Waals surface area contributed by atoms with Gasteiger partial charge in [0, 0.05) is 0 Å². The molecule has 21 heavy (non-hydrogen) atoms. The molecular formula is C21H52. The molecule has 0 saturated carbocycles. The minimum atomic E-state index is 0.560. The summed E-state index contributed by atoms with van der Waals surface area (Å²) in [5.41, 5.74) is 0.560. The highest BCUT2D eigenvalue weighted by Gasteiger charge is 2.23. The van der Waals surface area contributed by atoms with E-state index < -0.39 is 0 Å². The average molecular weight is 305 g/mol. The van der Waals surface area contributed by atoms with Crippen LogP contribution in [0, 0.1) is 17.3 Å². The summed E-state index contributed by atoms with van der Waals surface area (Å²) in [5.74, 6) is 1.72. The van der Waals surface area contributed by atoms with Crippen molar-refractivity contribution in [3.8, 4) is 0 Å². The Morgan fingerprint density at radius 2 is 0.952 bits per heavy atom. The van der Waals surface area contributed by atoms with Crippen molar-refractivity contribution in [2.45, 2.75) is 123 Å². The molecule has 0 rings (SSSR count). The minimum Gasteiger partial charge on any atom is -0.0683 e. The van der Waals surface area contributed by atoms with Crippen LogP contribution in [0.25, 0.3) is 0 Å². The molecule has 0 radical (unpaired) electrons. The summed E-state index contributed by atoms with van der Waals surface area (Å²) >= 11 is 0. The van der Waals surface area contributed by atoms with Crippen LogP contribution < -0.4 is 0 Å². The number of rotatable bonds is 5. The van der Waals surface area contributed by atoms with Gasteiger partial charge in [-0.25, -0.2) is 0 Å². The van der Waals surface area contributed by atoms with Crippen LogP contribution in [-0.2, 0) is 0 Å². The Bertz CT molecular complexity index is 119. The maximum atomic E-state index is 2.40. The maximum Gasteiger partial charge on any atom is -0.0329 e. The number of hydrogen-bond donors (Lipinski definition) is 0. The first-order valence-electron chi connectivity index (χ1n) is 9.77. The highest BCUT2D eigenvalue weighted by atomic mass is 14.3. The first-order valence-corrected chi connectivity index (χ1v) is 9.77. The van der Waals surface area contributed by atoms with Crippen LogP contribution in [0.2, 0.25) is 0 Å². The largest absolute Gasteiger partial charge is 0.0683 e. The fraction of sp³-hybridized carbons (Fsp3) is 1.00. The summed E-state index contributed by atoms with van der Waals surface area (Å²) in [6, 6.07) is 0. The van der Waals surface area contributed by atoms with Gasteiger partial charge < -0.3 is 0 Å². The van der Waals surface area contributed by atoms with Gasteiger partial charge in [-0.15, -0.1) is 0 Å². The zero-order valence-electron chi connectivity index (χ0n) is 18.5. The van der Waals surface area contributed by atoms with Crippen LogP contribution in [0.15, 0.2) is 0 Å². The minimum absolute atomic E-state index is 0.560. The molecule has 0 bridgehead atoms. The molecule has 0 fully saturated rings. The van der Waals surface area contributed by atoms with Crippen molar-refractivity contribution in [3.63, 3.8) is 0 Å². The molecule has 0 heteroatoms. The second-order valence-corrected chi connectivity index (χ2v) is 6.16. The lowest BCUT2D eigenvalue weighted by Gasteiger charge is -2.31. The molecule has 0 nitrogen and oxygen atoms in total. The summed E-state index contributed by atoms with van der Waals surface area (Å²) in [5, 5.41) is 0. The van der Waals surface area contributed by atoms with Gasteiger partial charge in [-0.1, -0.05) is 116 Å². The first kappa shape index (κ1) is 32.8. The normalized spacial score (nSPS) is 10.4. The Morgan fingerprint density at radius 3 is 1.14 bits per heavy atom. The Hall–Kier alpha value is 0. The van der Waals surface area contributed by atoms with E-state index in [0.717, 1.165) is 11.8 Å².